The SMILES string of the molecule is CCCNCc1ncoc1-c1c(F)cccc1OC. The summed E-state index contributed by atoms with van der Waals surface area (Å²) in [6.07, 6.45) is 2.35. The maximum Gasteiger partial charge on any atom is 0.181 e. The molecule has 0 saturated carbocycles. The van der Waals surface area contributed by atoms with E-state index in [4.69, 9.17) is 9.15 Å². The van der Waals surface area contributed by atoms with E-state index < -0.39 is 0 Å². The summed E-state index contributed by atoms with van der Waals surface area (Å²) in [6, 6.07) is 4.68. The Balaban J connectivity index is 2.34. The van der Waals surface area contributed by atoms with Crippen molar-refractivity contribution in [2.75, 3.05) is 13.7 Å². The second-order valence-electron chi connectivity index (χ2n) is 4.12. The van der Waals surface area contributed by atoms with Crippen LogP contribution < -0.4 is 10.1 Å². The van der Waals surface area contributed by atoms with Crippen molar-refractivity contribution in [2.24, 2.45) is 0 Å². The van der Waals surface area contributed by atoms with E-state index in [1.54, 1.807) is 12.1 Å². The minimum Gasteiger partial charge on any atom is -0.496 e. The number of aromatic nitrogens is 1. The summed E-state index contributed by atoms with van der Waals surface area (Å²) in [6.45, 7) is 3.49. The Morgan fingerprint density at radius 3 is 3.00 bits per heavy atom. The lowest BCUT2D eigenvalue weighted by atomic mass is 10.1. The van der Waals surface area contributed by atoms with Crippen molar-refractivity contribution in [2.45, 2.75) is 19.9 Å². The second-order valence-corrected chi connectivity index (χ2v) is 4.12. The summed E-state index contributed by atoms with van der Waals surface area (Å²) in [5.74, 6) is 0.472. The van der Waals surface area contributed by atoms with Crippen LogP contribution in [0.1, 0.15) is 19.0 Å². The smallest absolute Gasteiger partial charge is 0.181 e. The third kappa shape index (κ3) is 2.93. The van der Waals surface area contributed by atoms with Crippen molar-refractivity contribution in [3.05, 3.63) is 36.1 Å². The topological polar surface area (TPSA) is 47.3 Å². The quantitative estimate of drug-likeness (QED) is 0.815. The van der Waals surface area contributed by atoms with Gasteiger partial charge in [-0.2, -0.15) is 0 Å². The Morgan fingerprint density at radius 1 is 1.42 bits per heavy atom. The number of ether oxygens (including phenoxy) is 1. The van der Waals surface area contributed by atoms with E-state index in [0.717, 1.165) is 13.0 Å². The molecule has 102 valence electrons. The molecule has 1 heterocycles. The molecule has 0 radical (unpaired) electrons. The molecule has 0 fully saturated rings. The molecular formula is C14H17FN2O2. The number of oxazole rings is 1. The standard InChI is InChI=1S/C14H17FN2O2/c1-3-7-16-8-11-14(19-9-17-11)13-10(15)5-4-6-12(13)18-2/h4-6,9,16H,3,7-8H2,1-2H3. The molecule has 5 heteroatoms. The van der Waals surface area contributed by atoms with E-state index in [2.05, 4.69) is 17.2 Å². The summed E-state index contributed by atoms with van der Waals surface area (Å²) < 4.78 is 24.5. The Kier molecular flexibility index (Phi) is 4.52. The first-order valence-electron chi connectivity index (χ1n) is 6.23. The van der Waals surface area contributed by atoms with Crippen LogP contribution >= 0.6 is 0 Å². The van der Waals surface area contributed by atoms with Crippen molar-refractivity contribution in [3.63, 3.8) is 0 Å². The zero-order chi connectivity index (χ0) is 13.7. The van der Waals surface area contributed by atoms with Crippen LogP contribution in [-0.2, 0) is 6.54 Å². The van der Waals surface area contributed by atoms with Crippen LogP contribution in [0.15, 0.2) is 29.0 Å². The van der Waals surface area contributed by atoms with Gasteiger partial charge in [-0.25, -0.2) is 9.37 Å². The Labute approximate surface area is 111 Å². The molecule has 2 aromatic rings. The van der Waals surface area contributed by atoms with Crippen molar-refractivity contribution in [1.82, 2.24) is 10.3 Å². The molecular weight excluding hydrogens is 247 g/mol. The lowest BCUT2D eigenvalue weighted by Gasteiger charge is -2.08. The fourth-order valence-electron chi connectivity index (χ4n) is 1.88. The third-order valence-electron chi connectivity index (χ3n) is 2.78. The molecule has 4 nitrogen and oxygen atoms in total. The van der Waals surface area contributed by atoms with Gasteiger partial charge in [-0.1, -0.05) is 13.0 Å². The van der Waals surface area contributed by atoms with Crippen LogP contribution in [0.2, 0.25) is 0 Å². The van der Waals surface area contributed by atoms with Crippen molar-refractivity contribution < 1.29 is 13.5 Å². The summed E-state index contributed by atoms with van der Waals surface area (Å²) in [4.78, 5) is 4.13. The van der Waals surface area contributed by atoms with E-state index in [0.29, 0.717) is 29.3 Å². The first-order chi connectivity index (χ1) is 9.27. The molecule has 0 unspecified atom stereocenters. The fourth-order valence-corrected chi connectivity index (χ4v) is 1.88. The molecule has 0 aliphatic carbocycles. The number of methoxy groups -OCH3 is 1. The Bertz CT molecular complexity index is 540. The number of benzene rings is 1. The van der Waals surface area contributed by atoms with Gasteiger partial charge in [0, 0.05) is 6.54 Å². The number of hydrogen-bond donors (Lipinski definition) is 1. The fraction of sp³-hybridized carbons (Fsp3) is 0.357. The van der Waals surface area contributed by atoms with Crippen molar-refractivity contribution in [3.8, 4) is 17.1 Å². The van der Waals surface area contributed by atoms with Crippen LogP contribution in [0.25, 0.3) is 11.3 Å². The second kappa shape index (κ2) is 6.33. The summed E-state index contributed by atoms with van der Waals surface area (Å²) in [5.41, 5.74) is 0.993. The van der Waals surface area contributed by atoms with Crippen LogP contribution in [0.3, 0.4) is 0 Å². The molecule has 0 aliphatic heterocycles. The van der Waals surface area contributed by atoms with Crippen molar-refractivity contribution in [1.29, 1.82) is 0 Å². The highest BCUT2D eigenvalue weighted by atomic mass is 19.1. The number of nitrogens with zero attached hydrogens (tertiary/aromatic N) is 1. The number of hydrogen-bond acceptors (Lipinski definition) is 4. The van der Waals surface area contributed by atoms with Gasteiger partial charge in [0.15, 0.2) is 12.2 Å². The molecule has 0 bridgehead atoms. The van der Waals surface area contributed by atoms with E-state index >= 15 is 0 Å². The Morgan fingerprint density at radius 2 is 2.26 bits per heavy atom. The van der Waals surface area contributed by atoms with Crippen LogP contribution in [0.4, 0.5) is 4.39 Å². The first kappa shape index (κ1) is 13.5. The van der Waals surface area contributed by atoms with Gasteiger partial charge in [-0.15, -0.1) is 0 Å². The predicted molar refractivity (Wildman–Crippen MR) is 70.4 cm³/mol. The lowest BCUT2D eigenvalue weighted by Crippen LogP contribution is -2.14. The Hall–Kier alpha value is -1.88. The molecule has 0 aliphatic rings. The van der Waals surface area contributed by atoms with Gasteiger partial charge in [0.2, 0.25) is 0 Å². The zero-order valence-corrected chi connectivity index (χ0v) is 11.1. The maximum absolute atomic E-state index is 14.0. The number of halogens is 1. The highest BCUT2D eigenvalue weighted by molar-refractivity contribution is 5.68. The van der Waals surface area contributed by atoms with E-state index in [9.17, 15) is 4.39 Å². The number of rotatable bonds is 6. The summed E-state index contributed by atoms with van der Waals surface area (Å²) >= 11 is 0. The van der Waals surface area contributed by atoms with E-state index in [1.807, 2.05) is 0 Å². The van der Waals surface area contributed by atoms with Crippen LogP contribution in [0, 0.1) is 5.82 Å². The zero-order valence-electron chi connectivity index (χ0n) is 11.1. The van der Waals surface area contributed by atoms with Gasteiger partial charge < -0.3 is 14.5 Å². The van der Waals surface area contributed by atoms with Gasteiger partial charge >= 0.3 is 0 Å². The molecule has 19 heavy (non-hydrogen) atoms. The molecule has 0 atom stereocenters. The monoisotopic (exact) mass is 264 g/mol. The highest BCUT2D eigenvalue weighted by Crippen LogP contribution is 2.34. The molecule has 1 N–H and O–H groups in total. The van der Waals surface area contributed by atoms with E-state index in [1.165, 1.54) is 19.6 Å². The average molecular weight is 264 g/mol. The van der Waals surface area contributed by atoms with Crippen molar-refractivity contribution >= 4 is 0 Å². The molecule has 0 amide bonds. The average Bonchev–Trinajstić information content (AvgIpc) is 2.87. The molecule has 1 aromatic heterocycles. The molecule has 0 saturated heterocycles. The maximum atomic E-state index is 14.0. The normalized spacial score (nSPS) is 10.7. The minimum absolute atomic E-state index is 0.316. The molecule has 2 rings (SSSR count). The van der Waals surface area contributed by atoms with Gasteiger partial charge in [0.1, 0.15) is 17.3 Å². The largest absolute Gasteiger partial charge is 0.496 e. The van der Waals surface area contributed by atoms with Gasteiger partial charge in [0.05, 0.1) is 12.7 Å². The highest BCUT2D eigenvalue weighted by Gasteiger charge is 2.19. The third-order valence-corrected chi connectivity index (χ3v) is 2.78. The van der Waals surface area contributed by atoms with Crippen LogP contribution in [-0.4, -0.2) is 18.6 Å². The van der Waals surface area contributed by atoms with E-state index in [-0.39, 0.29) is 5.82 Å². The predicted octanol–water partition coefficient (Wildman–Crippen LogP) is 2.99. The van der Waals surface area contributed by atoms with Gasteiger partial charge in [0.25, 0.3) is 0 Å². The van der Waals surface area contributed by atoms with Gasteiger partial charge in [-0.3, -0.25) is 0 Å². The number of nitrogens with one attached hydrogen (secondary N) is 1. The molecule has 0 spiro atoms. The lowest BCUT2D eigenvalue weighted by molar-refractivity contribution is 0.411. The first-order valence-corrected chi connectivity index (χ1v) is 6.23. The summed E-state index contributed by atoms with van der Waals surface area (Å²) in [5, 5.41) is 3.22. The van der Waals surface area contributed by atoms with Gasteiger partial charge in [-0.05, 0) is 25.1 Å². The summed E-state index contributed by atoms with van der Waals surface area (Å²) in [7, 11) is 1.50. The van der Waals surface area contributed by atoms with Crippen LogP contribution in [0.5, 0.6) is 5.75 Å². The molecule has 1 aromatic carbocycles. The minimum atomic E-state index is -0.382.